The molecule has 0 bridgehead atoms. The molecule has 0 saturated heterocycles. The number of carboxylic acid groups (broad SMARTS) is 1. The van der Waals surface area contributed by atoms with Crippen molar-refractivity contribution in [3.8, 4) is 0 Å². The van der Waals surface area contributed by atoms with Crippen LogP contribution in [0.1, 0.15) is 36.6 Å². The van der Waals surface area contributed by atoms with Gasteiger partial charge in [-0.1, -0.05) is 0 Å². The number of rotatable bonds is 4. The molecule has 0 amide bonds. The fraction of sp³-hybridized carbons (Fsp3) is 0.636. The molecule has 1 aromatic heterocycles. The Labute approximate surface area is 94.5 Å². The van der Waals surface area contributed by atoms with E-state index in [1.165, 1.54) is 11.3 Å². The molecule has 16 heavy (non-hydrogen) atoms. The number of hydrogen-bond donors (Lipinski definition) is 2. The first kappa shape index (κ1) is 11.1. The van der Waals surface area contributed by atoms with Crippen molar-refractivity contribution in [3.63, 3.8) is 0 Å². The van der Waals surface area contributed by atoms with Crippen molar-refractivity contribution in [1.82, 2.24) is 15.1 Å². The second-order valence-electron chi connectivity index (χ2n) is 4.21. The zero-order valence-corrected chi connectivity index (χ0v) is 9.44. The van der Waals surface area contributed by atoms with Crippen molar-refractivity contribution in [1.29, 1.82) is 0 Å². The van der Waals surface area contributed by atoms with Crippen molar-refractivity contribution in [3.05, 3.63) is 17.5 Å². The van der Waals surface area contributed by atoms with Gasteiger partial charge in [0, 0.05) is 30.9 Å². The molecule has 0 fully saturated rings. The predicted molar refractivity (Wildman–Crippen MR) is 59.1 cm³/mol. The van der Waals surface area contributed by atoms with Crippen LogP contribution in [0.2, 0.25) is 0 Å². The van der Waals surface area contributed by atoms with Crippen molar-refractivity contribution < 1.29 is 9.90 Å². The molecule has 0 saturated carbocycles. The number of aliphatic carboxylic acids is 1. The molecule has 5 heteroatoms. The quantitative estimate of drug-likeness (QED) is 0.794. The third-order valence-corrected chi connectivity index (χ3v) is 3.11. The van der Waals surface area contributed by atoms with Crippen LogP contribution in [0.5, 0.6) is 0 Å². The Hall–Kier alpha value is -1.36. The summed E-state index contributed by atoms with van der Waals surface area (Å²) in [6, 6.07) is 0.275. The fourth-order valence-corrected chi connectivity index (χ4v) is 2.27. The van der Waals surface area contributed by atoms with Crippen molar-refractivity contribution in [2.75, 3.05) is 6.54 Å². The highest BCUT2D eigenvalue weighted by atomic mass is 16.4. The van der Waals surface area contributed by atoms with Gasteiger partial charge in [0.15, 0.2) is 0 Å². The van der Waals surface area contributed by atoms with E-state index in [0.29, 0.717) is 6.54 Å². The Morgan fingerprint density at radius 3 is 3.31 bits per heavy atom. The number of nitrogens with one attached hydrogen (secondary N) is 1. The number of aryl methyl sites for hydroxylation is 1. The zero-order chi connectivity index (χ0) is 11.5. The fourth-order valence-electron chi connectivity index (χ4n) is 2.27. The third kappa shape index (κ3) is 2.24. The van der Waals surface area contributed by atoms with Crippen LogP contribution in [-0.2, 0) is 18.3 Å². The molecule has 1 aliphatic carbocycles. The minimum atomic E-state index is -0.755. The molecule has 1 aromatic rings. The number of carboxylic acids is 1. The van der Waals surface area contributed by atoms with E-state index in [9.17, 15) is 4.79 Å². The Kier molecular flexibility index (Phi) is 3.24. The Balaban J connectivity index is 1.99. The summed E-state index contributed by atoms with van der Waals surface area (Å²) in [4.78, 5) is 10.4. The van der Waals surface area contributed by atoms with Gasteiger partial charge in [0.2, 0.25) is 0 Å². The van der Waals surface area contributed by atoms with Gasteiger partial charge in [-0.25, -0.2) is 0 Å². The van der Waals surface area contributed by atoms with E-state index in [1.54, 1.807) is 0 Å². The van der Waals surface area contributed by atoms with Crippen LogP contribution in [0.3, 0.4) is 0 Å². The second kappa shape index (κ2) is 4.65. The molecule has 0 spiro atoms. The van der Waals surface area contributed by atoms with Gasteiger partial charge in [0.05, 0.1) is 12.6 Å². The molecule has 1 atom stereocenters. The maximum absolute atomic E-state index is 10.4. The molecule has 5 nitrogen and oxygen atoms in total. The van der Waals surface area contributed by atoms with Gasteiger partial charge >= 0.3 is 5.97 Å². The predicted octanol–water partition coefficient (Wildman–Crippen LogP) is 0.862. The monoisotopic (exact) mass is 223 g/mol. The molecule has 0 aliphatic heterocycles. The number of carbonyl (C=O) groups is 1. The van der Waals surface area contributed by atoms with Crippen LogP contribution >= 0.6 is 0 Å². The first-order valence-corrected chi connectivity index (χ1v) is 5.64. The largest absolute Gasteiger partial charge is 0.481 e. The van der Waals surface area contributed by atoms with Crippen molar-refractivity contribution in [2.45, 2.75) is 31.7 Å². The van der Waals surface area contributed by atoms with Crippen LogP contribution in [0.15, 0.2) is 6.20 Å². The minimum absolute atomic E-state index is 0.173. The molecule has 0 aromatic carbocycles. The van der Waals surface area contributed by atoms with Gasteiger partial charge in [-0.15, -0.1) is 0 Å². The van der Waals surface area contributed by atoms with E-state index in [0.717, 1.165) is 19.3 Å². The summed E-state index contributed by atoms with van der Waals surface area (Å²) in [5.74, 6) is -0.755. The lowest BCUT2D eigenvalue weighted by molar-refractivity contribution is -0.136. The molecule has 1 unspecified atom stereocenters. The smallest absolute Gasteiger partial charge is 0.304 e. The number of nitrogens with zero attached hydrogens (tertiary/aromatic N) is 2. The van der Waals surface area contributed by atoms with Gasteiger partial charge in [-0.3, -0.25) is 9.48 Å². The lowest BCUT2D eigenvalue weighted by Gasteiger charge is -2.23. The summed E-state index contributed by atoms with van der Waals surface area (Å²) < 4.78 is 1.92. The zero-order valence-electron chi connectivity index (χ0n) is 9.44. The first-order chi connectivity index (χ1) is 7.68. The van der Waals surface area contributed by atoms with E-state index in [4.69, 9.17) is 5.11 Å². The molecular weight excluding hydrogens is 206 g/mol. The number of hydrogen-bond acceptors (Lipinski definition) is 3. The summed E-state index contributed by atoms with van der Waals surface area (Å²) in [5.41, 5.74) is 2.51. The van der Waals surface area contributed by atoms with Crippen LogP contribution in [0.4, 0.5) is 0 Å². The lowest BCUT2D eigenvalue weighted by atomic mass is 9.93. The highest BCUT2D eigenvalue weighted by Crippen LogP contribution is 2.28. The van der Waals surface area contributed by atoms with Gasteiger partial charge in [0.1, 0.15) is 0 Å². The summed E-state index contributed by atoms with van der Waals surface area (Å²) >= 11 is 0. The van der Waals surface area contributed by atoms with Crippen LogP contribution < -0.4 is 5.32 Å². The highest BCUT2D eigenvalue weighted by molar-refractivity contribution is 5.66. The molecule has 1 aliphatic rings. The topological polar surface area (TPSA) is 67.2 Å². The standard InChI is InChI=1S/C11H17N3O2/c1-14-10-4-2-3-9(8(10)7-13-14)12-6-5-11(15)16/h7,9,12H,2-6H2,1H3,(H,15,16). The molecule has 88 valence electrons. The number of fused-ring (bicyclic) bond motifs is 1. The van der Waals surface area contributed by atoms with Crippen molar-refractivity contribution >= 4 is 5.97 Å². The maximum atomic E-state index is 10.4. The van der Waals surface area contributed by atoms with Gasteiger partial charge in [0.25, 0.3) is 0 Å². The summed E-state index contributed by atoms with van der Waals surface area (Å²) in [5, 5.41) is 16.1. The lowest BCUT2D eigenvalue weighted by Crippen LogP contribution is -2.27. The van der Waals surface area contributed by atoms with E-state index in [-0.39, 0.29) is 12.5 Å². The SMILES string of the molecule is Cn1ncc2c1CCCC2NCCC(=O)O. The van der Waals surface area contributed by atoms with E-state index in [2.05, 4.69) is 10.4 Å². The summed E-state index contributed by atoms with van der Waals surface area (Å²) in [6.45, 7) is 0.522. The number of aromatic nitrogens is 2. The Morgan fingerprint density at radius 1 is 1.75 bits per heavy atom. The highest BCUT2D eigenvalue weighted by Gasteiger charge is 2.22. The Morgan fingerprint density at radius 2 is 2.56 bits per heavy atom. The van der Waals surface area contributed by atoms with E-state index < -0.39 is 5.97 Å². The van der Waals surface area contributed by atoms with Crippen molar-refractivity contribution in [2.24, 2.45) is 7.05 Å². The normalized spacial score (nSPS) is 19.4. The Bertz CT molecular complexity index is 387. The first-order valence-electron chi connectivity index (χ1n) is 5.64. The van der Waals surface area contributed by atoms with Crippen LogP contribution in [0, 0.1) is 0 Å². The average Bonchev–Trinajstić information content (AvgIpc) is 2.61. The van der Waals surface area contributed by atoms with Gasteiger partial charge in [-0.05, 0) is 19.3 Å². The molecule has 1 heterocycles. The van der Waals surface area contributed by atoms with E-state index in [1.807, 2.05) is 17.9 Å². The minimum Gasteiger partial charge on any atom is -0.481 e. The molecule has 0 radical (unpaired) electrons. The molecule has 2 rings (SSSR count). The van der Waals surface area contributed by atoms with Gasteiger partial charge < -0.3 is 10.4 Å². The van der Waals surface area contributed by atoms with Crippen LogP contribution in [-0.4, -0.2) is 27.4 Å². The van der Waals surface area contributed by atoms with E-state index >= 15 is 0 Å². The average molecular weight is 223 g/mol. The molecular formula is C11H17N3O2. The molecule has 2 N–H and O–H groups in total. The third-order valence-electron chi connectivity index (χ3n) is 3.11. The summed E-state index contributed by atoms with van der Waals surface area (Å²) in [7, 11) is 1.96. The van der Waals surface area contributed by atoms with Gasteiger partial charge in [-0.2, -0.15) is 5.10 Å². The second-order valence-corrected chi connectivity index (χ2v) is 4.21. The summed E-state index contributed by atoms with van der Waals surface area (Å²) in [6.07, 6.45) is 5.34. The maximum Gasteiger partial charge on any atom is 0.304 e. The van der Waals surface area contributed by atoms with Crippen LogP contribution in [0.25, 0.3) is 0 Å².